The van der Waals surface area contributed by atoms with E-state index in [9.17, 15) is 18.4 Å². The molecule has 1 heterocycles. The van der Waals surface area contributed by atoms with Crippen LogP contribution in [0.15, 0.2) is 66.7 Å². The van der Waals surface area contributed by atoms with Gasteiger partial charge in [0, 0.05) is 17.0 Å². The Morgan fingerprint density at radius 3 is 2.31 bits per heavy atom. The number of hydrogen-bond donors (Lipinski definition) is 1. The van der Waals surface area contributed by atoms with Gasteiger partial charge >= 0.3 is 12.1 Å². The minimum absolute atomic E-state index is 0.0851. The van der Waals surface area contributed by atoms with Gasteiger partial charge in [-0.2, -0.15) is 0 Å². The van der Waals surface area contributed by atoms with Crippen molar-refractivity contribution in [2.75, 3.05) is 0 Å². The molecule has 0 aliphatic carbocycles. The predicted molar refractivity (Wildman–Crippen MR) is 131 cm³/mol. The number of carbonyl (C=O) groups is 2. The van der Waals surface area contributed by atoms with Gasteiger partial charge in [0.15, 0.2) is 0 Å². The molecular weight excluding hydrogens is 468 g/mol. The van der Waals surface area contributed by atoms with Gasteiger partial charge in [-0.05, 0) is 68.3 Å². The zero-order chi connectivity index (χ0) is 26.0. The van der Waals surface area contributed by atoms with Crippen LogP contribution in [-0.2, 0) is 22.6 Å². The van der Waals surface area contributed by atoms with Crippen LogP contribution in [0.4, 0.5) is 13.6 Å². The van der Waals surface area contributed by atoms with E-state index in [4.69, 9.17) is 14.6 Å². The van der Waals surface area contributed by atoms with Crippen molar-refractivity contribution in [3.63, 3.8) is 0 Å². The van der Waals surface area contributed by atoms with Gasteiger partial charge in [0.2, 0.25) is 0 Å². The number of halogens is 2. The summed E-state index contributed by atoms with van der Waals surface area (Å²) in [5, 5.41) is 9.53. The van der Waals surface area contributed by atoms with Gasteiger partial charge in [0.05, 0.1) is 17.6 Å². The first-order chi connectivity index (χ1) is 17.0. The molecule has 6 nitrogen and oxygen atoms in total. The van der Waals surface area contributed by atoms with E-state index in [1.807, 2.05) is 0 Å². The Balaban J connectivity index is 1.57. The van der Waals surface area contributed by atoms with Crippen molar-refractivity contribution in [2.24, 2.45) is 0 Å². The Bertz CT molecular complexity index is 1440. The molecule has 1 N–H and O–H groups in total. The van der Waals surface area contributed by atoms with Crippen molar-refractivity contribution in [3.05, 3.63) is 89.6 Å². The van der Waals surface area contributed by atoms with E-state index in [1.165, 1.54) is 22.8 Å². The number of nitrogens with zero attached hydrogens (tertiary/aromatic N) is 1. The van der Waals surface area contributed by atoms with Crippen molar-refractivity contribution in [3.8, 4) is 16.9 Å². The molecule has 0 bridgehead atoms. The lowest BCUT2D eigenvalue weighted by molar-refractivity contribution is -0.136. The molecular formula is C28H25F2NO5. The molecule has 0 atom stereocenters. The van der Waals surface area contributed by atoms with E-state index in [2.05, 4.69) is 0 Å². The number of carboxylic acids is 1. The zero-order valence-corrected chi connectivity index (χ0v) is 20.0. The molecule has 4 rings (SSSR count). The van der Waals surface area contributed by atoms with Gasteiger partial charge in [-0.15, -0.1) is 0 Å². The van der Waals surface area contributed by atoms with Crippen LogP contribution in [0.2, 0.25) is 0 Å². The Morgan fingerprint density at radius 2 is 1.67 bits per heavy atom. The number of fused-ring (bicyclic) bond motifs is 1. The van der Waals surface area contributed by atoms with Crippen LogP contribution in [0.3, 0.4) is 0 Å². The summed E-state index contributed by atoms with van der Waals surface area (Å²) in [5.41, 5.74) is 1.55. The van der Waals surface area contributed by atoms with Gasteiger partial charge in [-0.3, -0.25) is 4.79 Å². The molecule has 0 radical (unpaired) electrons. The maximum absolute atomic E-state index is 14.9. The van der Waals surface area contributed by atoms with E-state index in [-0.39, 0.29) is 18.8 Å². The fourth-order valence-corrected chi connectivity index (χ4v) is 3.81. The van der Waals surface area contributed by atoms with Crippen LogP contribution >= 0.6 is 0 Å². The molecule has 1 aromatic heterocycles. The van der Waals surface area contributed by atoms with Crippen molar-refractivity contribution in [1.29, 1.82) is 0 Å². The number of carboxylic acid groups (broad SMARTS) is 1. The smallest absolute Gasteiger partial charge is 0.419 e. The Kier molecular flexibility index (Phi) is 6.79. The average Bonchev–Trinajstić information content (AvgIpc) is 3.14. The Hall–Kier alpha value is -4.20. The van der Waals surface area contributed by atoms with E-state index >= 15 is 0 Å². The summed E-state index contributed by atoms with van der Waals surface area (Å²) in [5.74, 6) is -1.71. The fraction of sp³-hybridized carbons (Fsp3) is 0.214. The van der Waals surface area contributed by atoms with Gasteiger partial charge in [0.25, 0.3) is 0 Å². The standard InChI is InChI=1S/C28H25F2NO5/c1-28(2,3)36-27(34)31-21(13-19-8-9-20(29)14-25(19)31)16-35-22-10-11-23(24(30)15-22)18-6-4-17(5-7-18)12-26(32)33/h4-11,13-15H,12,16H2,1-3H3,(H,32,33). The molecule has 3 aromatic carbocycles. The van der Waals surface area contributed by atoms with Crippen LogP contribution in [0.25, 0.3) is 22.0 Å². The quantitative estimate of drug-likeness (QED) is 0.328. The maximum Gasteiger partial charge on any atom is 0.419 e. The monoisotopic (exact) mass is 493 g/mol. The molecule has 8 heteroatoms. The molecule has 0 amide bonds. The molecule has 0 aliphatic rings. The summed E-state index contributed by atoms with van der Waals surface area (Å²) < 4.78 is 41.3. The molecule has 0 aliphatic heterocycles. The normalized spacial score (nSPS) is 11.5. The zero-order valence-electron chi connectivity index (χ0n) is 20.0. The second-order valence-corrected chi connectivity index (χ2v) is 9.35. The van der Waals surface area contributed by atoms with E-state index < -0.39 is 29.3 Å². The third-order valence-corrected chi connectivity index (χ3v) is 5.37. The molecule has 0 saturated heterocycles. The predicted octanol–water partition coefficient (Wildman–Crippen LogP) is 6.58. The summed E-state index contributed by atoms with van der Waals surface area (Å²) in [7, 11) is 0. The average molecular weight is 494 g/mol. The number of aliphatic carboxylic acids is 1. The van der Waals surface area contributed by atoms with Crippen LogP contribution in [0.1, 0.15) is 32.0 Å². The number of carbonyl (C=O) groups excluding carboxylic acids is 1. The van der Waals surface area contributed by atoms with Crippen molar-refractivity contribution >= 4 is 23.0 Å². The van der Waals surface area contributed by atoms with Gasteiger partial charge in [-0.25, -0.2) is 18.1 Å². The lowest BCUT2D eigenvalue weighted by Crippen LogP contribution is -2.28. The van der Waals surface area contributed by atoms with E-state index in [0.29, 0.717) is 33.3 Å². The lowest BCUT2D eigenvalue weighted by atomic mass is 10.0. The molecule has 4 aromatic rings. The minimum atomic E-state index is -0.939. The summed E-state index contributed by atoms with van der Waals surface area (Å²) >= 11 is 0. The third-order valence-electron chi connectivity index (χ3n) is 5.37. The van der Waals surface area contributed by atoms with Gasteiger partial charge in [-0.1, -0.05) is 24.3 Å². The Morgan fingerprint density at radius 1 is 0.944 bits per heavy atom. The maximum atomic E-state index is 14.9. The number of rotatable bonds is 6. The number of hydrogen-bond acceptors (Lipinski definition) is 4. The van der Waals surface area contributed by atoms with Gasteiger partial charge in [0.1, 0.15) is 29.6 Å². The highest BCUT2D eigenvalue weighted by molar-refractivity contribution is 5.91. The number of ether oxygens (including phenoxy) is 2. The first-order valence-corrected chi connectivity index (χ1v) is 11.3. The molecule has 0 spiro atoms. The second-order valence-electron chi connectivity index (χ2n) is 9.35. The van der Waals surface area contributed by atoms with Crippen molar-refractivity contribution < 1.29 is 33.0 Å². The number of benzene rings is 3. The fourth-order valence-electron chi connectivity index (χ4n) is 3.81. The molecule has 0 unspecified atom stereocenters. The molecule has 36 heavy (non-hydrogen) atoms. The second kappa shape index (κ2) is 9.81. The Labute approximate surface area is 206 Å². The summed E-state index contributed by atoms with van der Waals surface area (Å²) in [6.07, 6.45) is -0.781. The first kappa shape index (κ1) is 24.9. The molecule has 0 fully saturated rings. The summed E-state index contributed by atoms with van der Waals surface area (Å²) in [6, 6.07) is 16.8. The van der Waals surface area contributed by atoms with Crippen molar-refractivity contribution in [1.82, 2.24) is 4.57 Å². The SMILES string of the molecule is CC(C)(C)OC(=O)n1c(COc2ccc(-c3ccc(CC(=O)O)cc3)c(F)c2)cc2ccc(F)cc21. The molecule has 186 valence electrons. The van der Waals surface area contributed by atoms with Crippen LogP contribution in [0, 0.1) is 11.6 Å². The first-order valence-electron chi connectivity index (χ1n) is 11.3. The van der Waals surface area contributed by atoms with Gasteiger partial charge < -0.3 is 14.6 Å². The largest absolute Gasteiger partial charge is 0.487 e. The topological polar surface area (TPSA) is 77.8 Å². The summed E-state index contributed by atoms with van der Waals surface area (Å²) in [4.78, 5) is 23.7. The minimum Gasteiger partial charge on any atom is -0.487 e. The van der Waals surface area contributed by atoms with Crippen LogP contribution < -0.4 is 4.74 Å². The summed E-state index contributed by atoms with van der Waals surface area (Å²) in [6.45, 7) is 5.12. The van der Waals surface area contributed by atoms with E-state index in [0.717, 1.165) is 0 Å². The highest BCUT2D eigenvalue weighted by Crippen LogP contribution is 2.28. The number of aromatic nitrogens is 1. The highest BCUT2D eigenvalue weighted by atomic mass is 19.1. The lowest BCUT2D eigenvalue weighted by Gasteiger charge is -2.21. The molecule has 0 saturated carbocycles. The van der Waals surface area contributed by atoms with E-state index in [1.54, 1.807) is 69.3 Å². The van der Waals surface area contributed by atoms with Crippen LogP contribution in [0.5, 0.6) is 5.75 Å². The third kappa shape index (κ3) is 5.71. The van der Waals surface area contributed by atoms with Crippen molar-refractivity contribution in [2.45, 2.75) is 39.4 Å². The highest BCUT2D eigenvalue weighted by Gasteiger charge is 2.23. The van der Waals surface area contributed by atoms with Crippen LogP contribution in [-0.4, -0.2) is 27.3 Å².